The largest absolute Gasteiger partial charge is 0.345 e. The Morgan fingerprint density at radius 2 is 2.15 bits per heavy atom. The first kappa shape index (κ1) is 13.8. The molecule has 0 aromatic carbocycles. The second kappa shape index (κ2) is 6.10. The molecule has 2 aliphatic rings. The van der Waals surface area contributed by atoms with E-state index in [0.29, 0.717) is 6.04 Å². The van der Waals surface area contributed by atoms with E-state index in [4.69, 9.17) is 0 Å². The van der Waals surface area contributed by atoms with E-state index in [9.17, 15) is 4.79 Å². The quantitative estimate of drug-likeness (QED) is 0.899. The lowest BCUT2D eigenvalue weighted by Crippen LogP contribution is -2.46. The third-order valence-corrected chi connectivity index (χ3v) is 5.18. The van der Waals surface area contributed by atoms with E-state index < -0.39 is 0 Å². The number of anilines is 1. The number of rotatable bonds is 2. The van der Waals surface area contributed by atoms with Crippen molar-refractivity contribution in [1.82, 2.24) is 15.2 Å². The number of carbonyl (C=O) groups is 1. The van der Waals surface area contributed by atoms with Gasteiger partial charge in [-0.3, -0.25) is 4.79 Å². The molecule has 2 fully saturated rings. The van der Waals surface area contributed by atoms with Crippen LogP contribution in [0.3, 0.4) is 0 Å². The minimum atomic E-state index is 0.139. The van der Waals surface area contributed by atoms with Crippen molar-refractivity contribution in [3.8, 4) is 0 Å². The fourth-order valence-electron chi connectivity index (χ4n) is 2.90. The molecule has 2 aliphatic heterocycles. The first-order valence-corrected chi connectivity index (χ1v) is 8.30. The number of carbonyl (C=O) groups excluding carboxylic acids is 1. The first-order valence-electron chi connectivity index (χ1n) is 7.48. The Hall–Kier alpha value is -1.14. The Bertz CT molecular complexity index is 469. The number of nitrogens with zero attached hydrogens (tertiary/aromatic N) is 3. The van der Waals surface area contributed by atoms with Gasteiger partial charge in [0.25, 0.3) is 5.91 Å². The van der Waals surface area contributed by atoms with Crippen LogP contribution in [-0.2, 0) is 0 Å². The van der Waals surface area contributed by atoms with E-state index in [1.54, 1.807) is 17.5 Å². The molecule has 0 saturated carbocycles. The van der Waals surface area contributed by atoms with Gasteiger partial charge in [0.15, 0.2) is 5.13 Å². The van der Waals surface area contributed by atoms with Crippen LogP contribution in [0.4, 0.5) is 5.13 Å². The molecule has 0 radical (unpaired) electrons. The third kappa shape index (κ3) is 2.81. The molecule has 1 aromatic rings. The Balaban J connectivity index is 1.70. The smallest absolute Gasteiger partial charge is 0.265 e. The molecule has 2 saturated heterocycles. The first-order chi connectivity index (χ1) is 9.75. The van der Waals surface area contributed by atoms with Crippen molar-refractivity contribution < 1.29 is 4.79 Å². The van der Waals surface area contributed by atoms with E-state index in [-0.39, 0.29) is 5.91 Å². The molecule has 0 spiro atoms. The minimum absolute atomic E-state index is 0.139. The molecule has 3 heterocycles. The second-order valence-electron chi connectivity index (χ2n) is 5.59. The summed E-state index contributed by atoms with van der Waals surface area (Å²) < 4.78 is 0. The predicted octanol–water partition coefficient (Wildman–Crippen LogP) is 1.57. The van der Waals surface area contributed by atoms with Crippen molar-refractivity contribution in [2.75, 3.05) is 37.6 Å². The fourth-order valence-corrected chi connectivity index (χ4v) is 3.92. The summed E-state index contributed by atoms with van der Waals surface area (Å²) in [4.78, 5) is 22.0. The Morgan fingerprint density at radius 1 is 1.35 bits per heavy atom. The van der Waals surface area contributed by atoms with E-state index >= 15 is 0 Å². The standard InChI is InChI=1S/C14H22N4OS/c1-11-4-2-3-7-18(11)14-16-10-12(20-14)13(19)17-8-5-15-6-9-17/h10-11,15H,2-9H2,1H3. The zero-order valence-corrected chi connectivity index (χ0v) is 12.8. The highest BCUT2D eigenvalue weighted by atomic mass is 32.1. The molecule has 1 amide bonds. The van der Waals surface area contributed by atoms with Crippen molar-refractivity contribution in [2.24, 2.45) is 0 Å². The molecule has 1 N–H and O–H groups in total. The number of thiazole rings is 1. The van der Waals surface area contributed by atoms with Crippen LogP contribution < -0.4 is 10.2 Å². The molecule has 1 atom stereocenters. The Labute approximate surface area is 124 Å². The summed E-state index contributed by atoms with van der Waals surface area (Å²) in [5.41, 5.74) is 0. The van der Waals surface area contributed by atoms with E-state index in [2.05, 4.69) is 22.1 Å². The lowest BCUT2D eigenvalue weighted by atomic mass is 10.1. The highest BCUT2D eigenvalue weighted by Crippen LogP contribution is 2.29. The van der Waals surface area contributed by atoms with E-state index in [1.165, 1.54) is 19.3 Å². The van der Waals surface area contributed by atoms with Crippen molar-refractivity contribution in [3.05, 3.63) is 11.1 Å². The number of hydrogen-bond acceptors (Lipinski definition) is 5. The maximum atomic E-state index is 12.4. The Kier molecular flexibility index (Phi) is 4.21. The normalized spacial score (nSPS) is 23.9. The lowest BCUT2D eigenvalue weighted by molar-refractivity contribution is 0.0740. The van der Waals surface area contributed by atoms with Gasteiger partial charge in [0.1, 0.15) is 4.88 Å². The van der Waals surface area contributed by atoms with Gasteiger partial charge < -0.3 is 15.1 Å². The fraction of sp³-hybridized carbons (Fsp3) is 0.714. The highest BCUT2D eigenvalue weighted by Gasteiger charge is 2.24. The van der Waals surface area contributed by atoms with Gasteiger partial charge in [0, 0.05) is 38.8 Å². The van der Waals surface area contributed by atoms with Gasteiger partial charge in [-0.05, 0) is 26.2 Å². The van der Waals surface area contributed by atoms with Crippen molar-refractivity contribution >= 4 is 22.4 Å². The molecule has 20 heavy (non-hydrogen) atoms. The van der Waals surface area contributed by atoms with Crippen molar-refractivity contribution in [3.63, 3.8) is 0 Å². The van der Waals surface area contributed by atoms with E-state index in [0.717, 1.165) is 42.7 Å². The second-order valence-corrected chi connectivity index (χ2v) is 6.60. The molecule has 5 nitrogen and oxygen atoms in total. The third-order valence-electron chi connectivity index (χ3n) is 4.16. The maximum Gasteiger partial charge on any atom is 0.265 e. The number of amides is 1. The average molecular weight is 294 g/mol. The number of nitrogens with one attached hydrogen (secondary N) is 1. The van der Waals surface area contributed by atoms with Gasteiger partial charge in [-0.15, -0.1) is 0 Å². The molecule has 3 rings (SSSR count). The predicted molar refractivity (Wildman–Crippen MR) is 81.5 cm³/mol. The summed E-state index contributed by atoms with van der Waals surface area (Å²) in [6, 6.07) is 0.539. The SMILES string of the molecule is CC1CCCCN1c1ncc(C(=O)N2CCNCC2)s1. The summed E-state index contributed by atoms with van der Waals surface area (Å²) in [6.07, 6.45) is 5.51. The molecule has 0 bridgehead atoms. The van der Waals surface area contributed by atoms with Gasteiger partial charge in [0.05, 0.1) is 6.20 Å². The summed E-state index contributed by atoms with van der Waals surface area (Å²) in [5.74, 6) is 0.139. The molecular formula is C14H22N4OS. The minimum Gasteiger partial charge on any atom is -0.345 e. The van der Waals surface area contributed by atoms with Crippen molar-refractivity contribution in [2.45, 2.75) is 32.2 Å². The number of hydrogen-bond donors (Lipinski definition) is 1. The monoisotopic (exact) mass is 294 g/mol. The van der Waals surface area contributed by atoms with Crippen LogP contribution in [0.1, 0.15) is 35.9 Å². The summed E-state index contributed by atoms with van der Waals surface area (Å²) in [5, 5.41) is 4.28. The molecular weight excluding hydrogens is 272 g/mol. The van der Waals surface area contributed by atoms with Crippen LogP contribution in [-0.4, -0.2) is 54.6 Å². The topological polar surface area (TPSA) is 48.5 Å². The molecule has 110 valence electrons. The molecule has 0 aliphatic carbocycles. The van der Waals surface area contributed by atoms with Crippen LogP contribution in [0.5, 0.6) is 0 Å². The zero-order chi connectivity index (χ0) is 13.9. The Morgan fingerprint density at radius 3 is 2.90 bits per heavy atom. The summed E-state index contributed by atoms with van der Waals surface area (Å²) >= 11 is 1.55. The number of piperidine rings is 1. The van der Waals surface area contributed by atoms with Gasteiger partial charge in [-0.25, -0.2) is 4.98 Å². The average Bonchev–Trinajstić information content (AvgIpc) is 2.97. The van der Waals surface area contributed by atoms with Crippen LogP contribution >= 0.6 is 11.3 Å². The van der Waals surface area contributed by atoms with Gasteiger partial charge in [-0.1, -0.05) is 11.3 Å². The number of aromatic nitrogens is 1. The van der Waals surface area contributed by atoms with Crippen molar-refractivity contribution in [1.29, 1.82) is 0 Å². The molecule has 1 unspecified atom stereocenters. The van der Waals surface area contributed by atoms with Crippen LogP contribution in [0.2, 0.25) is 0 Å². The maximum absolute atomic E-state index is 12.4. The summed E-state index contributed by atoms with van der Waals surface area (Å²) in [7, 11) is 0. The molecule has 1 aromatic heterocycles. The lowest BCUT2D eigenvalue weighted by Gasteiger charge is -2.33. The molecule has 6 heteroatoms. The van der Waals surface area contributed by atoms with Crippen LogP contribution in [0.15, 0.2) is 6.20 Å². The van der Waals surface area contributed by atoms with Gasteiger partial charge in [0.2, 0.25) is 0 Å². The van der Waals surface area contributed by atoms with Gasteiger partial charge in [-0.2, -0.15) is 0 Å². The zero-order valence-electron chi connectivity index (χ0n) is 12.0. The van der Waals surface area contributed by atoms with Gasteiger partial charge >= 0.3 is 0 Å². The van der Waals surface area contributed by atoms with Crippen LogP contribution in [0, 0.1) is 0 Å². The number of piperazine rings is 1. The van der Waals surface area contributed by atoms with E-state index in [1.807, 2.05) is 4.90 Å². The summed E-state index contributed by atoms with van der Waals surface area (Å²) in [6.45, 7) is 6.69. The highest BCUT2D eigenvalue weighted by molar-refractivity contribution is 7.17. The van der Waals surface area contributed by atoms with Crippen LogP contribution in [0.25, 0.3) is 0 Å².